The van der Waals surface area contributed by atoms with Crippen molar-refractivity contribution >= 4 is 0 Å². The molecule has 8 rings (SSSR count). The Labute approximate surface area is 258 Å². The van der Waals surface area contributed by atoms with Crippen LogP contribution in [0.25, 0.3) is 0 Å². The Hall–Kier alpha value is -2.08. The molecule has 0 unspecified atom stereocenters. The molecule has 5 heteroatoms. The Bertz CT molecular complexity index is 1360. The molecule has 0 aliphatic heterocycles. The average molecular weight is 587 g/mol. The van der Waals surface area contributed by atoms with Crippen LogP contribution in [0.1, 0.15) is 85.5 Å². The van der Waals surface area contributed by atoms with Gasteiger partial charge in [-0.15, -0.1) is 0 Å². The SMILES string of the molecule is C[C@]12C=C[C@H](N)C=C1CC[C@@H]1[C@@H]2CC[C@]2(C)C(O)=CC[C@@H]12.C[C@]12C=C[C@H](N)C=C1C[C@H](O)[C@@H]1[C@@H]2CC[C@]2(C)C(O)=CC[C@@H]12. The number of fused-ring (bicyclic) bond motifs is 10. The molecule has 4 saturated carbocycles. The van der Waals surface area contributed by atoms with Crippen LogP contribution in [0.2, 0.25) is 0 Å². The lowest BCUT2D eigenvalue weighted by Crippen LogP contribution is -2.54. The zero-order valence-corrected chi connectivity index (χ0v) is 26.7. The smallest absolute Gasteiger partial charge is 0.0944 e. The molecule has 5 nitrogen and oxygen atoms in total. The van der Waals surface area contributed by atoms with E-state index in [0.717, 1.165) is 50.4 Å². The first-order chi connectivity index (χ1) is 20.3. The van der Waals surface area contributed by atoms with Crippen LogP contribution in [0.4, 0.5) is 0 Å². The monoisotopic (exact) mass is 586 g/mol. The largest absolute Gasteiger partial charge is 0.512 e. The molecule has 0 aromatic heterocycles. The van der Waals surface area contributed by atoms with Gasteiger partial charge < -0.3 is 26.8 Å². The van der Waals surface area contributed by atoms with E-state index in [1.54, 1.807) is 5.57 Å². The maximum absolute atomic E-state index is 10.9. The summed E-state index contributed by atoms with van der Waals surface area (Å²) < 4.78 is 0. The predicted molar refractivity (Wildman–Crippen MR) is 173 cm³/mol. The fourth-order valence-corrected chi connectivity index (χ4v) is 11.8. The van der Waals surface area contributed by atoms with Gasteiger partial charge in [-0.3, -0.25) is 0 Å². The van der Waals surface area contributed by atoms with Crippen molar-refractivity contribution in [2.24, 2.45) is 68.6 Å². The number of hydrogen-bond acceptors (Lipinski definition) is 5. The minimum atomic E-state index is -0.313. The molecule has 13 atom stereocenters. The molecule has 0 aromatic carbocycles. The summed E-state index contributed by atoms with van der Waals surface area (Å²) in [5.74, 6) is 4.39. The molecule has 43 heavy (non-hydrogen) atoms. The van der Waals surface area contributed by atoms with Crippen molar-refractivity contribution in [2.75, 3.05) is 0 Å². The highest BCUT2D eigenvalue weighted by molar-refractivity contribution is 5.37. The van der Waals surface area contributed by atoms with Crippen LogP contribution in [0.5, 0.6) is 0 Å². The van der Waals surface area contributed by atoms with Crippen molar-refractivity contribution in [1.29, 1.82) is 0 Å². The third-order valence-electron chi connectivity index (χ3n) is 14.5. The van der Waals surface area contributed by atoms with Gasteiger partial charge in [0, 0.05) is 33.7 Å². The van der Waals surface area contributed by atoms with E-state index in [1.807, 2.05) is 6.08 Å². The summed E-state index contributed by atoms with van der Waals surface area (Å²) in [5.41, 5.74) is 15.2. The number of rotatable bonds is 0. The van der Waals surface area contributed by atoms with Gasteiger partial charge in [-0.1, -0.05) is 75.3 Å². The highest BCUT2D eigenvalue weighted by Crippen LogP contribution is 2.65. The zero-order chi connectivity index (χ0) is 30.5. The van der Waals surface area contributed by atoms with Crippen LogP contribution < -0.4 is 11.5 Å². The summed E-state index contributed by atoms with van der Waals surface area (Å²) in [4.78, 5) is 0. The van der Waals surface area contributed by atoms with Crippen molar-refractivity contribution in [3.05, 3.63) is 71.3 Å². The van der Waals surface area contributed by atoms with E-state index in [1.165, 1.54) is 24.8 Å². The van der Waals surface area contributed by atoms with Gasteiger partial charge in [0.2, 0.25) is 0 Å². The summed E-state index contributed by atoms with van der Waals surface area (Å²) >= 11 is 0. The van der Waals surface area contributed by atoms with Crippen LogP contribution in [-0.2, 0) is 0 Å². The second-order valence-electron chi connectivity index (χ2n) is 16.4. The summed E-state index contributed by atoms with van der Waals surface area (Å²) in [6.45, 7) is 9.20. The molecule has 4 fully saturated rings. The topological polar surface area (TPSA) is 113 Å². The van der Waals surface area contributed by atoms with Crippen molar-refractivity contribution in [3.63, 3.8) is 0 Å². The fourth-order valence-electron chi connectivity index (χ4n) is 11.8. The maximum Gasteiger partial charge on any atom is 0.0944 e. The highest BCUT2D eigenvalue weighted by Gasteiger charge is 2.60. The Morgan fingerprint density at radius 2 is 1.23 bits per heavy atom. The lowest BCUT2D eigenvalue weighted by molar-refractivity contribution is -0.0869. The molecular weight excluding hydrogens is 532 g/mol. The van der Waals surface area contributed by atoms with E-state index >= 15 is 0 Å². The molecule has 0 radical (unpaired) electrons. The molecule has 8 aliphatic carbocycles. The molecule has 7 N–H and O–H groups in total. The number of allylic oxidation sites excluding steroid dienone is 7. The van der Waals surface area contributed by atoms with E-state index < -0.39 is 0 Å². The second kappa shape index (κ2) is 9.96. The Balaban J connectivity index is 0.000000140. The average Bonchev–Trinajstić information content (AvgIpc) is 3.45. The number of hydrogen-bond donors (Lipinski definition) is 5. The normalized spacial score (nSPS) is 52.4. The van der Waals surface area contributed by atoms with E-state index in [-0.39, 0.29) is 45.8 Å². The summed E-state index contributed by atoms with van der Waals surface area (Å²) in [7, 11) is 0. The van der Waals surface area contributed by atoms with E-state index in [4.69, 9.17) is 11.5 Å². The number of nitrogens with two attached hydrogens (primary N) is 2. The Morgan fingerprint density at radius 1 is 0.698 bits per heavy atom. The second-order valence-corrected chi connectivity index (χ2v) is 16.4. The summed E-state index contributed by atoms with van der Waals surface area (Å²) in [6.07, 6.45) is 26.8. The molecule has 0 amide bonds. The van der Waals surface area contributed by atoms with Crippen LogP contribution in [0.3, 0.4) is 0 Å². The molecular formula is C38H54N2O3. The van der Waals surface area contributed by atoms with Crippen molar-refractivity contribution in [3.8, 4) is 0 Å². The lowest BCUT2D eigenvalue weighted by Gasteiger charge is -2.57. The quantitative estimate of drug-likeness (QED) is 0.193. The molecule has 0 spiro atoms. The van der Waals surface area contributed by atoms with Crippen LogP contribution in [-0.4, -0.2) is 33.5 Å². The van der Waals surface area contributed by atoms with E-state index in [9.17, 15) is 15.3 Å². The lowest BCUT2D eigenvalue weighted by atomic mass is 9.47. The molecule has 234 valence electrons. The molecule has 0 bridgehead atoms. The van der Waals surface area contributed by atoms with E-state index in [0.29, 0.717) is 29.3 Å². The van der Waals surface area contributed by atoms with Crippen molar-refractivity contribution < 1.29 is 15.3 Å². The van der Waals surface area contributed by atoms with Crippen molar-refractivity contribution in [1.82, 2.24) is 0 Å². The first kappa shape index (κ1) is 29.6. The molecule has 0 aromatic rings. The third kappa shape index (κ3) is 4.20. The van der Waals surface area contributed by atoms with Gasteiger partial charge in [0.15, 0.2) is 0 Å². The van der Waals surface area contributed by atoms with Gasteiger partial charge in [-0.25, -0.2) is 0 Å². The van der Waals surface area contributed by atoms with Gasteiger partial charge in [0.1, 0.15) is 0 Å². The van der Waals surface area contributed by atoms with E-state index in [2.05, 4.69) is 70.2 Å². The van der Waals surface area contributed by atoms with Crippen molar-refractivity contribution in [2.45, 2.75) is 104 Å². The minimum Gasteiger partial charge on any atom is -0.512 e. The standard InChI is InChI=1S/C19H27NO2.C19H27NO/c1-18-7-5-12(20)9-11(18)10-15(21)17-13-3-4-16(22)19(13,2)8-6-14(17)18;1-18-9-7-13(20)11-12(18)3-4-14-15-5-6-17(21)19(15,2)10-8-16(14)18/h4-5,7,9,12-15,17,21-22H,3,6,8,10,20H2,1-2H3;6-7,9,11,13-16,21H,3-5,8,10,20H2,1-2H3/t12-,13-,14-,15-,17-,18-,19-;13-,14-,15-,16-,18-,19-/m00/s1. The van der Waals surface area contributed by atoms with Gasteiger partial charge in [-0.2, -0.15) is 0 Å². The summed E-state index contributed by atoms with van der Waals surface area (Å²) in [5, 5.41) is 31.5. The number of aliphatic hydroxyl groups is 3. The van der Waals surface area contributed by atoms with Gasteiger partial charge in [0.05, 0.1) is 17.6 Å². The Kier molecular flexibility index (Phi) is 6.86. The first-order valence-electron chi connectivity index (χ1n) is 17.1. The molecule has 0 heterocycles. The Morgan fingerprint density at radius 3 is 1.88 bits per heavy atom. The van der Waals surface area contributed by atoms with Gasteiger partial charge in [0.25, 0.3) is 0 Å². The third-order valence-corrected chi connectivity index (χ3v) is 14.5. The van der Waals surface area contributed by atoms with Crippen LogP contribution in [0.15, 0.2) is 71.3 Å². The summed E-state index contributed by atoms with van der Waals surface area (Å²) in [6, 6.07) is 0.0912. The molecule has 8 aliphatic rings. The van der Waals surface area contributed by atoms with Crippen LogP contribution in [0, 0.1) is 57.2 Å². The van der Waals surface area contributed by atoms with Crippen LogP contribution >= 0.6 is 0 Å². The first-order valence-corrected chi connectivity index (χ1v) is 17.1. The minimum absolute atomic E-state index is 0.0159. The fraction of sp³-hybridized carbons (Fsp3) is 0.684. The zero-order valence-electron chi connectivity index (χ0n) is 26.7. The highest BCUT2D eigenvalue weighted by atomic mass is 16.3. The maximum atomic E-state index is 10.9. The van der Waals surface area contributed by atoms with Gasteiger partial charge in [-0.05, 0) is 105 Å². The number of aliphatic hydroxyl groups excluding tert-OH is 3. The predicted octanol–water partition coefficient (Wildman–Crippen LogP) is 7.18. The van der Waals surface area contributed by atoms with Gasteiger partial charge >= 0.3 is 0 Å². The molecule has 0 saturated heterocycles.